The predicted molar refractivity (Wildman–Crippen MR) is 82.1 cm³/mol. The number of hydrogen-bond donors (Lipinski definition) is 2. The van der Waals surface area contributed by atoms with Gasteiger partial charge in [-0.25, -0.2) is 4.98 Å². The Bertz CT molecular complexity index is 648. The zero-order valence-corrected chi connectivity index (χ0v) is 12.3. The Kier molecular flexibility index (Phi) is 3.59. The Morgan fingerprint density at radius 3 is 2.75 bits per heavy atom. The third kappa shape index (κ3) is 2.37. The standard InChI is InChI=1S/C14H13Cl2N3O/c1-17-13-9(15)6-10(16)14(19-13)18-11-7-20-12-5-3-2-4-8(11)12/h2-6,11H,7H2,1H3,(H2,17,18,19). The summed E-state index contributed by atoms with van der Waals surface area (Å²) in [5.74, 6) is 2.07. The fourth-order valence-corrected chi connectivity index (χ4v) is 2.70. The van der Waals surface area contributed by atoms with Gasteiger partial charge in [-0.3, -0.25) is 0 Å². The molecule has 1 atom stereocenters. The minimum atomic E-state index is 0.0297. The van der Waals surface area contributed by atoms with E-state index in [0.29, 0.717) is 28.3 Å². The molecule has 0 saturated carbocycles. The summed E-state index contributed by atoms with van der Waals surface area (Å²) in [7, 11) is 1.76. The van der Waals surface area contributed by atoms with Crippen LogP contribution in [0.4, 0.5) is 11.6 Å². The maximum Gasteiger partial charge on any atom is 0.147 e. The van der Waals surface area contributed by atoms with E-state index in [9.17, 15) is 0 Å². The van der Waals surface area contributed by atoms with Crippen LogP contribution in [0.15, 0.2) is 30.3 Å². The van der Waals surface area contributed by atoms with Crippen LogP contribution >= 0.6 is 23.2 Å². The lowest BCUT2D eigenvalue weighted by Crippen LogP contribution is -2.13. The SMILES string of the molecule is CNc1nc(NC2COc3ccccc32)c(Cl)cc1Cl. The zero-order chi connectivity index (χ0) is 14.1. The van der Waals surface area contributed by atoms with Crippen LogP contribution in [0, 0.1) is 0 Å². The van der Waals surface area contributed by atoms with Crippen molar-refractivity contribution in [1.29, 1.82) is 0 Å². The number of benzene rings is 1. The molecule has 0 fully saturated rings. The molecule has 1 aliphatic heterocycles. The van der Waals surface area contributed by atoms with Crippen LogP contribution in [0.25, 0.3) is 0 Å². The van der Waals surface area contributed by atoms with E-state index in [1.54, 1.807) is 13.1 Å². The molecule has 2 aromatic rings. The molecule has 0 radical (unpaired) electrons. The van der Waals surface area contributed by atoms with Gasteiger partial charge in [0.05, 0.1) is 16.1 Å². The van der Waals surface area contributed by atoms with Crippen molar-refractivity contribution < 1.29 is 4.74 Å². The smallest absolute Gasteiger partial charge is 0.147 e. The number of nitrogens with zero attached hydrogens (tertiary/aromatic N) is 1. The molecule has 104 valence electrons. The molecule has 3 rings (SSSR count). The second-order valence-electron chi connectivity index (χ2n) is 4.44. The summed E-state index contributed by atoms with van der Waals surface area (Å²) < 4.78 is 5.63. The molecule has 1 aromatic heterocycles. The number of pyridine rings is 1. The van der Waals surface area contributed by atoms with Crippen molar-refractivity contribution in [2.75, 3.05) is 24.3 Å². The van der Waals surface area contributed by atoms with Gasteiger partial charge in [0, 0.05) is 12.6 Å². The monoisotopic (exact) mass is 309 g/mol. The molecular formula is C14H13Cl2N3O. The van der Waals surface area contributed by atoms with Crippen LogP contribution in [-0.2, 0) is 0 Å². The van der Waals surface area contributed by atoms with E-state index >= 15 is 0 Å². The van der Waals surface area contributed by atoms with Gasteiger partial charge in [-0.2, -0.15) is 0 Å². The molecule has 0 saturated heterocycles. The molecule has 0 amide bonds. The molecule has 6 heteroatoms. The van der Waals surface area contributed by atoms with E-state index in [1.807, 2.05) is 24.3 Å². The Morgan fingerprint density at radius 1 is 1.20 bits per heavy atom. The first-order valence-corrected chi connectivity index (χ1v) is 6.96. The van der Waals surface area contributed by atoms with Gasteiger partial charge in [0.25, 0.3) is 0 Å². The van der Waals surface area contributed by atoms with Gasteiger partial charge in [0.2, 0.25) is 0 Å². The highest BCUT2D eigenvalue weighted by molar-refractivity contribution is 6.37. The van der Waals surface area contributed by atoms with Crippen molar-refractivity contribution in [3.8, 4) is 5.75 Å². The first-order chi connectivity index (χ1) is 9.69. The van der Waals surface area contributed by atoms with Crippen LogP contribution in [-0.4, -0.2) is 18.6 Å². The minimum Gasteiger partial charge on any atom is -0.491 e. The van der Waals surface area contributed by atoms with Gasteiger partial charge in [-0.15, -0.1) is 0 Å². The molecule has 1 unspecified atom stereocenters. The summed E-state index contributed by atoms with van der Waals surface area (Å²) in [5.41, 5.74) is 1.10. The molecular weight excluding hydrogens is 297 g/mol. The molecule has 20 heavy (non-hydrogen) atoms. The zero-order valence-electron chi connectivity index (χ0n) is 10.8. The summed E-state index contributed by atoms with van der Waals surface area (Å²) in [6, 6.07) is 9.62. The van der Waals surface area contributed by atoms with Crippen molar-refractivity contribution in [3.63, 3.8) is 0 Å². The topological polar surface area (TPSA) is 46.2 Å². The van der Waals surface area contributed by atoms with Crippen molar-refractivity contribution in [2.24, 2.45) is 0 Å². The largest absolute Gasteiger partial charge is 0.491 e. The van der Waals surface area contributed by atoms with Gasteiger partial charge in [0.15, 0.2) is 0 Å². The van der Waals surface area contributed by atoms with Gasteiger partial charge in [0.1, 0.15) is 24.0 Å². The minimum absolute atomic E-state index is 0.0297. The molecule has 2 N–H and O–H groups in total. The van der Waals surface area contributed by atoms with Crippen molar-refractivity contribution in [3.05, 3.63) is 45.9 Å². The summed E-state index contributed by atoms with van der Waals surface area (Å²) >= 11 is 12.2. The lowest BCUT2D eigenvalue weighted by molar-refractivity contribution is 0.339. The Balaban J connectivity index is 1.89. The Labute approximate surface area is 127 Å². The normalized spacial score (nSPS) is 16.4. The average molecular weight is 310 g/mol. The highest BCUT2D eigenvalue weighted by Gasteiger charge is 2.24. The van der Waals surface area contributed by atoms with Crippen LogP contribution in [0.3, 0.4) is 0 Å². The number of nitrogens with one attached hydrogen (secondary N) is 2. The number of hydrogen-bond acceptors (Lipinski definition) is 4. The number of aromatic nitrogens is 1. The number of ether oxygens (including phenoxy) is 1. The first kappa shape index (κ1) is 13.3. The quantitative estimate of drug-likeness (QED) is 0.900. The van der Waals surface area contributed by atoms with Crippen LogP contribution in [0.5, 0.6) is 5.75 Å². The van der Waals surface area contributed by atoms with Crippen LogP contribution in [0.2, 0.25) is 10.0 Å². The molecule has 0 aliphatic carbocycles. The molecule has 1 aromatic carbocycles. The average Bonchev–Trinajstić information content (AvgIpc) is 2.85. The van der Waals surface area contributed by atoms with Crippen molar-refractivity contribution in [1.82, 2.24) is 4.98 Å². The molecule has 1 aliphatic rings. The van der Waals surface area contributed by atoms with Gasteiger partial charge >= 0.3 is 0 Å². The third-order valence-electron chi connectivity index (χ3n) is 3.18. The van der Waals surface area contributed by atoms with Crippen molar-refractivity contribution >= 4 is 34.8 Å². The van der Waals surface area contributed by atoms with Gasteiger partial charge < -0.3 is 15.4 Å². The van der Waals surface area contributed by atoms with E-state index in [2.05, 4.69) is 15.6 Å². The summed E-state index contributed by atoms with van der Waals surface area (Å²) in [5, 5.41) is 7.21. The maximum atomic E-state index is 6.19. The number of halogens is 2. The number of fused-ring (bicyclic) bond motifs is 1. The van der Waals surface area contributed by atoms with E-state index in [4.69, 9.17) is 27.9 Å². The van der Waals surface area contributed by atoms with E-state index in [1.165, 1.54) is 0 Å². The summed E-state index contributed by atoms with van der Waals surface area (Å²) in [6.45, 7) is 0.550. The second kappa shape index (κ2) is 5.38. The summed E-state index contributed by atoms with van der Waals surface area (Å²) in [6.07, 6.45) is 0. The molecule has 4 nitrogen and oxygen atoms in total. The van der Waals surface area contributed by atoms with Crippen LogP contribution < -0.4 is 15.4 Å². The number of para-hydroxylation sites is 1. The predicted octanol–water partition coefficient (Wildman–Crippen LogP) is 3.98. The second-order valence-corrected chi connectivity index (χ2v) is 5.26. The molecule has 0 bridgehead atoms. The number of rotatable bonds is 3. The molecule has 2 heterocycles. The fourth-order valence-electron chi connectivity index (χ4n) is 2.19. The lowest BCUT2D eigenvalue weighted by atomic mass is 10.1. The highest BCUT2D eigenvalue weighted by Crippen LogP contribution is 2.36. The Hall–Kier alpha value is -1.65. The van der Waals surface area contributed by atoms with E-state index in [-0.39, 0.29) is 6.04 Å². The van der Waals surface area contributed by atoms with Crippen molar-refractivity contribution in [2.45, 2.75) is 6.04 Å². The van der Waals surface area contributed by atoms with E-state index in [0.717, 1.165) is 11.3 Å². The van der Waals surface area contributed by atoms with Gasteiger partial charge in [-0.05, 0) is 12.1 Å². The van der Waals surface area contributed by atoms with Gasteiger partial charge in [-0.1, -0.05) is 41.4 Å². The fraction of sp³-hybridized carbons (Fsp3) is 0.214. The summed E-state index contributed by atoms with van der Waals surface area (Å²) in [4.78, 5) is 4.39. The number of anilines is 2. The lowest BCUT2D eigenvalue weighted by Gasteiger charge is -2.15. The maximum absolute atomic E-state index is 6.19. The highest BCUT2D eigenvalue weighted by atomic mass is 35.5. The third-order valence-corrected chi connectivity index (χ3v) is 3.75. The first-order valence-electron chi connectivity index (χ1n) is 6.21. The Morgan fingerprint density at radius 2 is 1.95 bits per heavy atom. The van der Waals surface area contributed by atoms with E-state index < -0.39 is 0 Å². The molecule has 0 spiro atoms. The van der Waals surface area contributed by atoms with Crippen LogP contribution in [0.1, 0.15) is 11.6 Å².